The molecule has 0 aromatic heterocycles. The van der Waals surface area contributed by atoms with Crippen LogP contribution in [-0.2, 0) is 0 Å². The molecule has 202 valence electrons. The van der Waals surface area contributed by atoms with Crippen molar-refractivity contribution in [2.45, 2.75) is 72.1 Å². The Labute approximate surface area is 228 Å². The first kappa shape index (κ1) is 29.0. The number of benzene rings is 3. The summed E-state index contributed by atoms with van der Waals surface area (Å²) >= 11 is 0. The van der Waals surface area contributed by atoms with Crippen molar-refractivity contribution < 1.29 is 19.0 Å². The van der Waals surface area contributed by atoms with Crippen LogP contribution in [0.2, 0.25) is 0 Å². The van der Waals surface area contributed by atoms with Gasteiger partial charge in [0.1, 0.15) is 17.2 Å². The predicted octanol–water partition coefficient (Wildman–Crippen LogP) is 9.64. The second kappa shape index (κ2) is 16.3. The van der Waals surface area contributed by atoms with Gasteiger partial charge in [0.2, 0.25) is 0 Å². The minimum atomic E-state index is -0.391. The molecule has 0 saturated heterocycles. The number of ether oxygens (including phenoxy) is 3. The molecule has 0 radical (unpaired) electrons. The van der Waals surface area contributed by atoms with Crippen molar-refractivity contribution in [1.82, 2.24) is 0 Å². The number of rotatable bonds is 16. The highest BCUT2D eigenvalue weighted by Crippen LogP contribution is 2.24. The van der Waals surface area contributed by atoms with E-state index in [-0.39, 0.29) is 0 Å². The number of hydrogen-bond donors (Lipinski definition) is 0. The maximum absolute atomic E-state index is 12.6. The van der Waals surface area contributed by atoms with E-state index in [0.29, 0.717) is 23.0 Å². The maximum Gasteiger partial charge on any atom is 0.343 e. The van der Waals surface area contributed by atoms with Crippen LogP contribution in [0.1, 0.15) is 82.5 Å². The van der Waals surface area contributed by atoms with Crippen LogP contribution in [0.25, 0.3) is 11.1 Å². The Balaban J connectivity index is 1.43. The minimum absolute atomic E-state index is 0.391. The normalized spacial score (nSPS) is 11.9. The van der Waals surface area contributed by atoms with Crippen LogP contribution in [0.3, 0.4) is 0 Å². The molecule has 0 aliphatic heterocycles. The molecular formula is C34H42O4. The molecule has 38 heavy (non-hydrogen) atoms. The first-order valence-electron chi connectivity index (χ1n) is 14.1. The molecule has 0 unspecified atom stereocenters. The van der Waals surface area contributed by atoms with E-state index in [4.69, 9.17) is 14.2 Å². The van der Waals surface area contributed by atoms with E-state index >= 15 is 0 Å². The summed E-state index contributed by atoms with van der Waals surface area (Å²) < 4.78 is 17.0. The lowest BCUT2D eigenvalue weighted by Gasteiger charge is -2.11. The second-order valence-corrected chi connectivity index (χ2v) is 9.83. The summed E-state index contributed by atoms with van der Waals surface area (Å²) in [6.45, 7) is 7.31. The number of unbranched alkanes of at least 4 members (excludes halogenated alkanes) is 6. The van der Waals surface area contributed by atoms with E-state index in [1.807, 2.05) is 36.4 Å². The van der Waals surface area contributed by atoms with Gasteiger partial charge in [-0.15, -0.1) is 0 Å². The van der Waals surface area contributed by atoms with Gasteiger partial charge in [0.05, 0.1) is 18.4 Å². The van der Waals surface area contributed by atoms with Crippen LogP contribution in [0, 0.1) is 5.92 Å². The zero-order valence-corrected chi connectivity index (χ0v) is 23.2. The van der Waals surface area contributed by atoms with Crippen molar-refractivity contribution in [2.24, 2.45) is 5.92 Å². The van der Waals surface area contributed by atoms with E-state index in [1.54, 1.807) is 42.7 Å². The monoisotopic (exact) mass is 514 g/mol. The molecule has 4 nitrogen and oxygen atoms in total. The zero-order valence-electron chi connectivity index (χ0n) is 23.2. The average molecular weight is 515 g/mol. The summed E-state index contributed by atoms with van der Waals surface area (Å²) in [5.41, 5.74) is 2.60. The zero-order chi connectivity index (χ0) is 27.0. The quantitative estimate of drug-likeness (QED) is 0.0826. The molecule has 0 aliphatic rings. The minimum Gasteiger partial charge on any atom is -0.493 e. The van der Waals surface area contributed by atoms with E-state index in [2.05, 4.69) is 26.8 Å². The molecule has 1 atom stereocenters. The van der Waals surface area contributed by atoms with Gasteiger partial charge in [-0.25, -0.2) is 4.79 Å². The SMILES string of the molecule is CCCCCCCC/C=C/Oc1ccc(OC(=O)c2ccc(-c3ccc(OC[C@@H](C)CC)cc3)cc2)cc1. The molecule has 0 N–H and O–H groups in total. The van der Waals surface area contributed by atoms with Gasteiger partial charge in [-0.3, -0.25) is 0 Å². The average Bonchev–Trinajstić information content (AvgIpc) is 2.96. The number of allylic oxidation sites excluding steroid dienone is 1. The molecule has 0 fully saturated rings. The predicted molar refractivity (Wildman–Crippen MR) is 156 cm³/mol. The molecule has 0 heterocycles. The van der Waals surface area contributed by atoms with Gasteiger partial charge in [-0.2, -0.15) is 0 Å². The largest absolute Gasteiger partial charge is 0.493 e. The van der Waals surface area contributed by atoms with Crippen LogP contribution in [0.15, 0.2) is 85.1 Å². The fraction of sp³-hybridized carbons (Fsp3) is 0.382. The Morgan fingerprint density at radius 2 is 1.32 bits per heavy atom. The summed E-state index contributed by atoms with van der Waals surface area (Å²) in [5.74, 6) is 2.21. The van der Waals surface area contributed by atoms with Crippen LogP contribution in [0.4, 0.5) is 0 Å². The first-order chi connectivity index (χ1) is 18.6. The molecule has 0 bridgehead atoms. The third-order valence-corrected chi connectivity index (χ3v) is 6.60. The summed E-state index contributed by atoms with van der Waals surface area (Å²) in [4.78, 5) is 12.6. The van der Waals surface area contributed by atoms with Gasteiger partial charge in [-0.05, 0) is 84.5 Å². The Morgan fingerprint density at radius 1 is 0.737 bits per heavy atom. The van der Waals surface area contributed by atoms with Crippen molar-refractivity contribution in [1.29, 1.82) is 0 Å². The molecule has 3 aromatic carbocycles. The summed E-state index contributed by atoms with van der Waals surface area (Å²) in [6, 6.07) is 22.6. The van der Waals surface area contributed by atoms with Gasteiger partial charge in [0, 0.05) is 0 Å². The van der Waals surface area contributed by atoms with Gasteiger partial charge in [0.25, 0.3) is 0 Å². The standard InChI is InChI=1S/C34H42O4/c1-4-6-7-8-9-10-11-12-25-36-31-21-23-33(24-22-31)38-34(35)30-15-13-28(14-16-30)29-17-19-32(20-18-29)37-26-27(3)5-2/h12-25,27H,4-11,26H2,1-3H3/b25-12+/t27-/m0/s1. The second-order valence-electron chi connectivity index (χ2n) is 9.83. The number of carbonyl (C=O) groups excluding carboxylic acids is 1. The Hall–Kier alpha value is -3.53. The van der Waals surface area contributed by atoms with Crippen molar-refractivity contribution in [3.63, 3.8) is 0 Å². The number of carbonyl (C=O) groups is 1. The highest BCUT2D eigenvalue weighted by Gasteiger charge is 2.10. The lowest BCUT2D eigenvalue weighted by atomic mass is 10.0. The Kier molecular flexibility index (Phi) is 12.5. The van der Waals surface area contributed by atoms with E-state index < -0.39 is 5.97 Å². The van der Waals surface area contributed by atoms with Crippen LogP contribution >= 0.6 is 0 Å². The summed E-state index contributed by atoms with van der Waals surface area (Å²) in [7, 11) is 0. The molecular weight excluding hydrogens is 472 g/mol. The molecule has 0 amide bonds. The number of esters is 1. The maximum atomic E-state index is 12.6. The van der Waals surface area contributed by atoms with E-state index in [0.717, 1.165) is 36.3 Å². The fourth-order valence-electron chi connectivity index (χ4n) is 3.89. The summed E-state index contributed by atoms with van der Waals surface area (Å²) in [6.07, 6.45) is 13.7. The smallest absolute Gasteiger partial charge is 0.343 e. The van der Waals surface area contributed by atoms with Crippen LogP contribution in [0.5, 0.6) is 17.2 Å². The third kappa shape index (κ3) is 10.1. The molecule has 0 saturated carbocycles. The van der Waals surface area contributed by atoms with Gasteiger partial charge in [0.15, 0.2) is 0 Å². The Morgan fingerprint density at radius 3 is 1.97 bits per heavy atom. The highest BCUT2D eigenvalue weighted by molar-refractivity contribution is 5.91. The fourth-order valence-corrected chi connectivity index (χ4v) is 3.89. The molecule has 3 aromatic rings. The molecule has 0 aliphatic carbocycles. The van der Waals surface area contributed by atoms with Gasteiger partial charge >= 0.3 is 5.97 Å². The highest BCUT2D eigenvalue weighted by atomic mass is 16.5. The lowest BCUT2D eigenvalue weighted by molar-refractivity contribution is 0.0734. The molecule has 0 spiro atoms. The van der Waals surface area contributed by atoms with Crippen molar-refractivity contribution in [3.05, 3.63) is 90.7 Å². The van der Waals surface area contributed by atoms with Gasteiger partial charge < -0.3 is 14.2 Å². The summed E-state index contributed by atoms with van der Waals surface area (Å²) in [5, 5.41) is 0. The van der Waals surface area contributed by atoms with Crippen LogP contribution < -0.4 is 14.2 Å². The Bertz CT molecular complexity index is 1100. The molecule has 3 rings (SSSR count). The van der Waals surface area contributed by atoms with Crippen molar-refractivity contribution >= 4 is 5.97 Å². The number of hydrogen-bond acceptors (Lipinski definition) is 4. The van der Waals surface area contributed by atoms with Gasteiger partial charge in [-0.1, -0.05) is 83.6 Å². The van der Waals surface area contributed by atoms with Crippen LogP contribution in [-0.4, -0.2) is 12.6 Å². The lowest BCUT2D eigenvalue weighted by Crippen LogP contribution is -2.08. The van der Waals surface area contributed by atoms with Crippen molar-refractivity contribution in [3.8, 4) is 28.4 Å². The van der Waals surface area contributed by atoms with E-state index in [9.17, 15) is 4.79 Å². The third-order valence-electron chi connectivity index (χ3n) is 6.60. The van der Waals surface area contributed by atoms with E-state index in [1.165, 1.54) is 38.5 Å². The topological polar surface area (TPSA) is 44.8 Å². The van der Waals surface area contributed by atoms with Crippen molar-refractivity contribution in [2.75, 3.05) is 6.61 Å². The molecule has 4 heteroatoms. The first-order valence-corrected chi connectivity index (χ1v) is 14.1.